The van der Waals surface area contributed by atoms with Crippen LogP contribution in [0.2, 0.25) is 0 Å². The Morgan fingerprint density at radius 2 is 1.83 bits per heavy atom. The van der Waals surface area contributed by atoms with E-state index in [1.807, 2.05) is 0 Å². The molecule has 3 rings (SSSR count). The van der Waals surface area contributed by atoms with Gasteiger partial charge in [0.15, 0.2) is 0 Å². The third-order valence-electron chi connectivity index (χ3n) is 5.81. The van der Waals surface area contributed by atoms with Crippen LogP contribution in [0.15, 0.2) is 30.3 Å². The molecule has 1 aromatic carbocycles. The van der Waals surface area contributed by atoms with Crippen LogP contribution in [0.4, 0.5) is 0 Å². The minimum atomic E-state index is 0.172. The standard InChI is InChI=1S/C20H30N2O/c23-19(9-8-17-10-14-21-15-11-17)22-16-20(12-4-5-13-20)18-6-2-1-3-7-18/h1-3,6-7,17,21H,4-5,8-16H2,(H,22,23). The molecule has 0 atom stereocenters. The summed E-state index contributed by atoms with van der Waals surface area (Å²) in [6.45, 7) is 3.04. The third kappa shape index (κ3) is 4.35. The highest BCUT2D eigenvalue weighted by Gasteiger charge is 2.35. The summed E-state index contributed by atoms with van der Waals surface area (Å²) in [7, 11) is 0. The first kappa shape index (κ1) is 16.5. The summed E-state index contributed by atoms with van der Waals surface area (Å²) in [6.07, 6.45) is 9.14. The van der Waals surface area contributed by atoms with Crippen molar-refractivity contribution in [1.82, 2.24) is 10.6 Å². The first-order valence-electron chi connectivity index (χ1n) is 9.31. The van der Waals surface area contributed by atoms with E-state index in [0.717, 1.165) is 32.0 Å². The van der Waals surface area contributed by atoms with Gasteiger partial charge in [-0.15, -0.1) is 0 Å². The molecule has 1 saturated heterocycles. The smallest absolute Gasteiger partial charge is 0.220 e. The van der Waals surface area contributed by atoms with Crippen molar-refractivity contribution in [3.63, 3.8) is 0 Å². The van der Waals surface area contributed by atoms with Gasteiger partial charge in [0, 0.05) is 18.4 Å². The molecule has 2 fully saturated rings. The predicted molar refractivity (Wildman–Crippen MR) is 94.4 cm³/mol. The molecule has 23 heavy (non-hydrogen) atoms. The topological polar surface area (TPSA) is 41.1 Å². The molecule has 2 aliphatic rings. The number of piperidine rings is 1. The van der Waals surface area contributed by atoms with Gasteiger partial charge in [-0.2, -0.15) is 0 Å². The molecule has 1 heterocycles. The van der Waals surface area contributed by atoms with E-state index >= 15 is 0 Å². The average molecular weight is 314 g/mol. The lowest BCUT2D eigenvalue weighted by atomic mass is 9.79. The van der Waals surface area contributed by atoms with Crippen molar-refractivity contribution in [1.29, 1.82) is 0 Å². The number of nitrogens with one attached hydrogen (secondary N) is 2. The van der Waals surface area contributed by atoms with Gasteiger partial charge in [-0.1, -0.05) is 43.2 Å². The predicted octanol–water partition coefficient (Wildman–Crippen LogP) is 3.39. The van der Waals surface area contributed by atoms with E-state index in [9.17, 15) is 4.79 Å². The van der Waals surface area contributed by atoms with Gasteiger partial charge in [0.05, 0.1) is 0 Å². The average Bonchev–Trinajstić information content (AvgIpc) is 3.10. The van der Waals surface area contributed by atoms with E-state index in [2.05, 4.69) is 41.0 Å². The number of carbonyl (C=O) groups is 1. The first-order chi connectivity index (χ1) is 11.3. The van der Waals surface area contributed by atoms with Crippen molar-refractivity contribution in [2.75, 3.05) is 19.6 Å². The van der Waals surface area contributed by atoms with Crippen molar-refractivity contribution >= 4 is 5.91 Å². The lowest BCUT2D eigenvalue weighted by molar-refractivity contribution is -0.121. The molecule has 1 aromatic rings. The fourth-order valence-corrected chi connectivity index (χ4v) is 4.27. The van der Waals surface area contributed by atoms with Crippen molar-refractivity contribution in [3.8, 4) is 0 Å². The second kappa shape index (κ2) is 7.96. The molecule has 0 aromatic heterocycles. The van der Waals surface area contributed by atoms with Crippen LogP contribution in [0.3, 0.4) is 0 Å². The molecule has 0 spiro atoms. The second-order valence-electron chi connectivity index (χ2n) is 7.36. The van der Waals surface area contributed by atoms with E-state index in [1.165, 1.54) is 44.1 Å². The van der Waals surface area contributed by atoms with Crippen LogP contribution >= 0.6 is 0 Å². The molecule has 1 amide bonds. The summed E-state index contributed by atoms with van der Waals surface area (Å²) in [4.78, 5) is 12.3. The van der Waals surface area contributed by atoms with Gasteiger partial charge in [-0.25, -0.2) is 0 Å². The molecular weight excluding hydrogens is 284 g/mol. The Hall–Kier alpha value is -1.35. The Bertz CT molecular complexity index is 488. The zero-order valence-electron chi connectivity index (χ0n) is 14.2. The molecule has 0 bridgehead atoms. The SMILES string of the molecule is O=C(CCC1CCNCC1)NCC1(c2ccccc2)CCCC1. The number of rotatable bonds is 6. The highest BCUT2D eigenvalue weighted by atomic mass is 16.1. The Morgan fingerprint density at radius 3 is 2.52 bits per heavy atom. The van der Waals surface area contributed by atoms with Crippen molar-refractivity contribution in [2.24, 2.45) is 5.92 Å². The first-order valence-corrected chi connectivity index (χ1v) is 9.31. The maximum atomic E-state index is 12.3. The minimum absolute atomic E-state index is 0.172. The van der Waals surface area contributed by atoms with Crippen LogP contribution in [0, 0.1) is 5.92 Å². The summed E-state index contributed by atoms with van der Waals surface area (Å²) < 4.78 is 0. The summed E-state index contributed by atoms with van der Waals surface area (Å²) in [6, 6.07) is 10.8. The lowest BCUT2D eigenvalue weighted by Gasteiger charge is -2.30. The van der Waals surface area contributed by atoms with Gasteiger partial charge >= 0.3 is 0 Å². The summed E-state index contributed by atoms with van der Waals surface area (Å²) in [5, 5.41) is 6.64. The van der Waals surface area contributed by atoms with Gasteiger partial charge in [0.25, 0.3) is 0 Å². The summed E-state index contributed by atoms with van der Waals surface area (Å²) >= 11 is 0. The van der Waals surface area contributed by atoms with E-state index in [0.29, 0.717) is 6.42 Å². The highest BCUT2D eigenvalue weighted by molar-refractivity contribution is 5.76. The molecule has 3 heteroatoms. The van der Waals surface area contributed by atoms with Crippen molar-refractivity contribution < 1.29 is 4.79 Å². The Kier molecular flexibility index (Phi) is 5.71. The molecule has 0 unspecified atom stereocenters. The van der Waals surface area contributed by atoms with Crippen LogP contribution in [0.5, 0.6) is 0 Å². The van der Waals surface area contributed by atoms with Gasteiger partial charge in [-0.3, -0.25) is 4.79 Å². The number of hydrogen-bond acceptors (Lipinski definition) is 2. The zero-order chi connectivity index (χ0) is 16.0. The zero-order valence-corrected chi connectivity index (χ0v) is 14.2. The van der Waals surface area contributed by atoms with Crippen molar-refractivity contribution in [3.05, 3.63) is 35.9 Å². The van der Waals surface area contributed by atoms with Gasteiger partial charge in [0.1, 0.15) is 0 Å². The van der Waals surface area contributed by atoms with Crippen LogP contribution < -0.4 is 10.6 Å². The monoisotopic (exact) mass is 314 g/mol. The van der Waals surface area contributed by atoms with Crippen LogP contribution in [-0.2, 0) is 10.2 Å². The third-order valence-corrected chi connectivity index (χ3v) is 5.81. The lowest BCUT2D eigenvalue weighted by Crippen LogP contribution is -2.39. The highest BCUT2D eigenvalue weighted by Crippen LogP contribution is 2.40. The van der Waals surface area contributed by atoms with E-state index in [1.54, 1.807) is 0 Å². The van der Waals surface area contributed by atoms with Crippen LogP contribution in [-0.4, -0.2) is 25.5 Å². The fourth-order valence-electron chi connectivity index (χ4n) is 4.27. The van der Waals surface area contributed by atoms with Crippen LogP contribution in [0.1, 0.15) is 56.9 Å². The number of carbonyl (C=O) groups excluding carboxylic acids is 1. The summed E-state index contributed by atoms with van der Waals surface area (Å²) in [5.41, 5.74) is 1.57. The molecule has 1 aliphatic heterocycles. The largest absolute Gasteiger partial charge is 0.355 e. The Morgan fingerprint density at radius 1 is 1.13 bits per heavy atom. The maximum Gasteiger partial charge on any atom is 0.220 e. The molecule has 1 saturated carbocycles. The van der Waals surface area contributed by atoms with Crippen LogP contribution in [0.25, 0.3) is 0 Å². The molecule has 2 N–H and O–H groups in total. The van der Waals surface area contributed by atoms with E-state index in [-0.39, 0.29) is 11.3 Å². The molecule has 0 radical (unpaired) electrons. The maximum absolute atomic E-state index is 12.3. The molecule has 1 aliphatic carbocycles. The Balaban J connectivity index is 1.50. The summed E-state index contributed by atoms with van der Waals surface area (Å²) in [5.74, 6) is 0.974. The molecular formula is C20H30N2O. The quantitative estimate of drug-likeness (QED) is 0.845. The molecule has 126 valence electrons. The fraction of sp³-hybridized carbons (Fsp3) is 0.650. The van der Waals surface area contributed by atoms with Gasteiger partial charge in [0.2, 0.25) is 5.91 Å². The second-order valence-corrected chi connectivity index (χ2v) is 7.36. The number of amides is 1. The Labute approximate surface area is 140 Å². The molecule has 3 nitrogen and oxygen atoms in total. The van der Waals surface area contributed by atoms with Gasteiger partial charge in [-0.05, 0) is 56.7 Å². The van der Waals surface area contributed by atoms with E-state index in [4.69, 9.17) is 0 Å². The van der Waals surface area contributed by atoms with Crippen molar-refractivity contribution in [2.45, 2.75) is 56.8 Å². The van der Waals surface area contributed by atoms with E-state index < -0.39 is 0 Å². The number of hydrogen-bond donors (Lipinski definition) is 2. The minimum Gasteiger partial charge on any atom is -0.355 e. The normalized spacial score (nSPS) is 21.2. The number of benzene rings is 1. The van der Waals surface area contributed by atoms with Gasteiger partial charge < -0.3 is 10.6 Å².